The molecule has 0 radical (unpaired) electrons. The highest BCUT2D eigenvalue weighted by molar-refractivity contribution is 7.59. The molecule has 1 amide bonds. The molecule has 2 bridgehead atoms. The van der Waals surface area contributed by atoms with Gasteiger partial charge in [-0.3, -0.25) is 4.79 Å². The Labute approximate surface area is 214 Å². The van der Waals surface area contributed by atoms with Crippen LogP contribution in [0, 0.1) is 0 Å². The third kappa shape index (κ3) is 2.29. The Bertz CT molecular complexity index is 1740. The molecule has 2 unspecified atom stereocenters. The molecule has 0 spiro atoms. The highest BCUT2D eigenvalue weighted by Gasteiger charge is 2.60. The molecular weight excluding hydrogens is 482 g/mol. The molecule has 9 heteroatoms. The first-order chi connectivity index (χ1) is 16.0. The van der Waals surface area contributed by atoms with E-state index in [2.05, 4.69) is 20.5 Å². The highest BCUT2D eigenvalue weighted by Crippen LogP contribution is 2.57. The normalized spacial score (nSPS) is 26.3. The molecule has 1 saturated heterocycles. The van der Waals surface area contributed by atoms with E-state index in [-0.39, 0.29) is 39.3 Å². The van der Waals surface area contributed by atoms with E-state index in [0.717, 1.165) is 54.7 Å². The fraction of sp³-hybridized carbons (Fsp3) is 0.269. The molecule has 0 saturated carbocycles. The number of carbonyl (C=O) groups excluding carboxylic acids is 1. The van der Waals surface area contributed by atoms with Gasteiger partial charge in [-0.05, 0) is 24.6 Å². The molecule has 180 valence electrons. The zero-order valence-electron chi connectivity index (χ0n) is 18.9. The largest absolute Gasteiger partial charge is 0.393 e. The van der Waals surface area contributed by atoms with Gasteiger partial charge >= 0.3 is 0 Å². The topological polar surface area (TPSA) is 88.7 Å². The van der Waals surface area contributed by atoms with E-state index in [1.807, 2.05) is 49.4 Å². The Hall–Kier alpha value is -2.69. The number of aliphatic hydroxyl groups excluding tert-OH is 1. The Morgan fingerprint density at radius 2 is 1.69 bits per heavy atom. The second-order valence-corrected chi connectivity index (χ2v) is 9.67. The summed E-state index contributed by atoms with van der Waals surface area (Å²) in [5, 5.41) is 29.1. The Morgan fingerprint density at radius 3 is 2.40 bits per heavy atom. The zero-order valence-corrected chi connectivity index (χ0v) is 20.9. The molecule has 0 aliphatic carbocycles. The van der Waals surface area contributed by atoms with E-state index in [1.165, 1.54) is 0 Å². The summed E-state index contributed by atoms with van der Waals surface area (Å²) >= 11 is 0. The van der Waals surface area contributed by atoms with Crippen molar-refractivity contribution in [2.45, 2.75) is 37.4 Å². The number of rotatable bonds is 1. The van der Waals surface area contributed by atoms with Crippen molar-refractivity contribution in [2.75, 3.05) is 6.61 Å². The molecule has 5 heterocycles. The van der Waals surface area contributed by atoms with Crippen molar-refractivity contribution in [2.24, 2.45) is 0 Å². The monoisotopic (exact) mass is 507 g/mol. The lowest BCUT2D eigenvalue weighted by atomic mass is 9.89. The average Bonchev–Trinajstić information content (AvgIpc) is 3.51. The van der Waals surface area contributed by atoms with Crippen LogP contribution in [0.4, 0.5) is 0 Å². The summed E-state index contributed by atoms with van der Waals surface area (Å²) in [5.41, 5.74) is 2.80. The number of nitrogens with zero attached hydrogens (tertiary/aromatic N) is 2. The van der Waals surface area contributed by atoms with Gasteiger partial charge in [-0.2, -0.15) is 27.0 Å². The zero-order chi connectivity index (χ0) is 22.3. The van der Waals surface area contributed by atoms with Crippen LogP contribution >= 0.6 is 27.0 Å². The molecule has 7 nitrogen and oxygen atoms in total. The third-order valence-electron chi connectivity index (χ3n) is 8.23. The van der Waals surface area contributed by atoms with Crippen molar-refractivity contribution >= 4 is 76.5 Å². The van der Waals surface area contributed by atoms with Gasteiger partial charge in [0.15, 0.2) is 5.72 Å². The van der Waals surface area contributed by atoms with Crippen LogP contribution in [-0.2, 0) is 17.0 Å². The molecular formula is C26H25N3O4S2. The summed E-state index contributed by atoms with van der Waals surface area (Å²) in [7, 11) is 0. The first-order valence-corrected chi connectivity index (χ1v) is 11.3. The number of nitrogens with one attached hydrogen (secondary N) is 1. The first kappa shape index (κ1) is 22.8. The number of hydrogen-bond acceptors (Lipinski definition) is 4. The van der Waals surface area contributed by atoms with Gasteiger partial charge in [-0.15, -0.1) is 0 Å². The number of aliphatic hydroxyl groups is 2. The summed E-state index contributed by atoms with van der Waals surface area (Å²) in [6.45, 7) is 1.91. The van der Waals surface area contributed by atoms with E-state index in [0.29, 0.717) is 6.54 Å². The van der Waals surface area contributed by atoms with Gasteiger partial charge in [-0.1, -0.05) is 36.4 Å². The van der Waals surface area contributed by atoms with Gasteiger partial charge < -0.3 is 29.4 Å². The standard InChI is InChI=1S/C26H21N3O4.2H2S/c1-25-26(32,12-30)10-18(33-25)28-16-8-4-2-6-13(16)20-21-15(11-27-24(21)31)19-14-7-3-5-9-17(14)29(25)23(19)22(20)28;;/h2-9,18,30,32H,10-12H2,1H3,(H,27,31);2*1H2/t18?,25?,26-;;/m0../s1. The van der Waals surface area contributed by atoms with E-state index >= 15 is 0 Å². The lowest BCUT2D eigenvalue weighted by Crippen LogP contribution is -2.53. The number of para-hydroxylation sites is 2. The van der Waals surface area contributed by atoms with E-state index in [9.17, 15) is 15.0 Å². The summed E-state index contributed by atoms with van der Waals surface area (Å²) in [5.74, 6) is -0.0555. The summed E-state index contributed by atoms with van der Waals surface area (Å²) in [6.07, 6.45) is -0.247. The van der Waals surface area contributed by atoms with Gasteiger partial charge in [0.25, 0.3) is 5.91 Å². The average molecular weight is 508 g/mol. The SMILES string of the molecule is CC12OC(C[C@]1(O)CO)n1c3ccccc3c3c4c(c5c6ccccc6n2c5c31)CNC4=O.S.S. The highest BCUT2D eigenvalue weighted by atomic mass is 32.1. The first-order valence-electron chi connectivity index (χ1n) is 11.3. The van der Waals surface area contributed by atoms with Crippen LogP contribution in [0.1, 0.15) is 35.5 Å². The number of ether oxygens (including phenoxy) is 1. The van der Waals surface area contributed by atoms with Crippen LogP contribution < -0.4 is 5.32 Å². The predicted molar refractivity (Wildman–Crippen MR) is 145 cm³/mol. The van der Waals surface area contributed by atoms with Crippen molar-refractivity contribution < 1.29 is 19.7 Å². The Balaban J connectivity index is 0.00000114. The van der Waals surface area contributed by atoms with Gasteiger partial charge in [0.2, 0.25) is 0 Å². The molecule has 5 aromatic rings. The summed E-state index contributed by atoms with van der Waals surface area (Å²) in [6, 6.07) is 16.1. The molecule has 3 aliphatic rings. The summed E-state index contributed by atoms with van der Waals surface area (Å²) in [4.78, 5) is 13.2. The number of hydrogen-bond donors (Lipinski definition) is 3. The van der Waals surface area contributed by atoms with Crippen molar-refractivity contribution in [3.05, 3.63) is 59.7 Å². The maximum Gasteiger partial charge on any atom is 0.252 e. The van der Waals surface area contributed by atoms with Gasteiger partial charge in [-0.25, -0.2) is 0 Å². The van der Waals surface area contributed by atoms with Crippen LogP contribution in [0.3, 0.4) is 0 Å². The molecule has 3 aromatic carbocycles. The molecule has 1 fully saturated rings. The van der Waals surface area contributed by atoms with Crippen LogP contribution in [0.25, 0.3) is 43.6 Å². The van der Waals surface area contributed by atoms with Crippen molar-refractivity contribution in [1.82, 2.24) is 14.5 Å². The van der Waals surface area contributed by atoms with Gasteiger partial charge in [0.05, 0.1) is 34.2 Å². The Kier molecular flexibility index (Phi) is 4.52. The lowest BCUT2D eigenvalue weighted by molar-refractivity contribution is -0.189. The predicted octanol–water partition coefficient (Wildman–Crippen LogP) is 3.70. The minimum atomic E-state index is -1.48. The second kappa shape index (κ2) is 6.96. The maximum atomic E-state index is 13.2. The molecule has 2 aromatic heterocycles. The van der Waals surface area contributed by atoms with Crippen LogP contribution in [0.2, 0.25) is 0 Å². The van der Waals surface area contributed by atoms with E-state index in [1.54, 1.807) is 0 Å². The number of benzene rings is 3. The number of carbonyl (C=O) groups is 1. The Morgan fingerprint density at radius 1 is 1.03 bits per heavy atom. The van der Waals surface area contributed by atoms with Crippen LogP contribution in [0.15, 0.2) is 48.5 Å². The molecule has 35 heavy (non-hydrogen) atoms. The molecule has 3 aliphatic heterocycles. The smallest absolute Gasteiger partial charge is 0.252 e. The van der Waals surface area contributed by atoms with Crippen molar-refractivity contribution in [3.8, 4) is 0 Å². The minimum Gasteiger partial charge on any atom is -0.393 e. The van der Waals surface area contributed by atoms with Crippen molar-refractivity contribution in [3.63, 3.8) is 0 Å². The fourth-order valence-corrected chi connectivity index (χ4v) is 6.73. The summed E-state index contributed by atoms with van der Waals surface area (Å²) < 4.78 is 10.9. The van der Waals surface area contributed by atoms with Crippen LogP contribution in [-0.4, -0.2) is 37.5 Å². The van der Waals surface area contributed by atoms with E-state index in [4.69, 9.17) is 4.74 Å². The second-order valence-electron chi connectivity index (χ2n) is 9.67. The quantitative estimate of drug-likeness (QED) is 0.323. The number of fused-ring (bicyclic) bond motifs is 13. The molecule has 8 rings (SSSR count). The van der Waals surface area contributed by atoms with Crippen LogP contribution in [0.5, 0.6) is 0 Å². The maximum absolute atomic E-state index is 13.2. The van der Waals surface area contributed by atoms with Crippen molar-refractivity contribution in [1.29, 1.82) is 0 Å². The molecule has 3 N–H and O–H groups in total. The fourth-order valence-electron chi connectivity index (χ4n) is 6.73. The minimum absolute atomic E-state index is 0. The number of aromatic nitrogens is 2. The lowest BCUT2D eigenvalue weighted by Gasteiger charge is -2.38. The van der Waals surface area contributed by atoms with E-state index < -0.39 is 24.2 Å². The van der Waals surface area contributed by atoms with Gasteiger partial charge in [0.1, 0.15) is 11.8 Å². The number of amides is 1. The molecule has 3 atom stereocenters. The third-order valence-corrected chi connectivity index (χ3v) is 8.23. The van der Waals surface area contributed by atoms with Gasteiger partial charge in [0, 0.05) is 34.5 Å².